The number of anilines is 1. The summed E-state index contributed by atoms with van der Waals surface area (Å²) in [6, 6.07) is 2.08. The molecule has 0 unspecified atom stereocenters. The predicted octanol–water partition coefficient (Wildman–Crippen LogP) is 1.25. The summed E-state index contributed by atoms with van der Waals surface area (Å²) in [6.07, 6.45) is 4.26. The minimum atomic E-state index is 1.16. The Balaban J connectivity index is 2.48. The van der Waals surface area contributed by atoms with Crippen molar-refractivity contribution in [3.05, 3.63) is 23.5 Å². The van der Waals surface area contributed by atoms with E-state index in [0.717, 1.165) is 6.42 Å². The molecular weight excluding hydrogens is 136 g/mol. The zero-order valence-electron chi connectivity index (χ0n) is 6.96. The molecule has 1 aliphatic carbocycles. The third kappa shape index (κ3) is 0.897. The molecule has 0 bridgehead atoms. The van der Waals surface area contributed by atoms with E-state index < -0.39 is 0 Å². The molecular formula is C9H12N2. The highest BCUT2D eigenvalue weighted by Crippen LogP contribution is 2.29. The normalized spacial score (nSPS) is 13.6. The first-order chi connectivity index (χ1) is 5.29. The summed E-state index contributed by atoms with van der Waals surface area (Å²) in [5.41, 5.74) is 4.06. The van der Waals surface area contributed by atoms with Crippen molar-refractivity contribution >= 4 is 5.69 Å². The van der Waals surface area contributed by atoms with Crippen LogP contribution in [0.15, 0.2) is 12.3 Å². The molecule has 58 valence electrons. The summed E-state index contributed by atoms with van der Waals surface area (Å²) < 4.78 is 0. The standard InChI is InChI=1S/C9H12N2/c1-11(2)9-5-6-10-8-4-3-7(8)9/h5-6H,3-4H2,1-2H3. The lowest BCUT2D eigenvalue weighted by atomic mass is 9.92. The Bertz CT molecular complexity index is 279. The fraction of sp³-hybridized carbons (Fsp3) is 0.444. The molecule has 11 heavy (non-hydrogen) atoms. The maximum Gasteiger partial charge on any atom is 0.0459 e. The molecule has 0 amide bonds. The largest absolute Gasteiger partial charge is 0.377 e. The maximum absolute atomic E-state index is 4.28. The van der Waals surface area contributed by atoms with Gasteiger partial charge in [0.2, 0.25) is 0 Å². The molecule has 1 aromatic rings. The quantitative estimate of drug-likeness (QED) is 0.595. The monoisotopic (exact) mass is 148 g/mol. The van der Waals surface area contributed by atoms with Crippen molar-refractivity contribution < 1.29 is 0 Å². The lowest BCUT2D eigenvalue weighted by molar-refractivity contribution is 0.783. The van der Waals surface area contributed by atoms with Crippen molar-refractivity contribution in [1.82, 2.24) is 4.98 Å². The van der Waals surface area contributed by atoms with Crippen molar-refractivity contribution in [2.24, 2.45) is 0 Å². The molecule has 2 heteroatoms. The predicted molar refractivity (Wildman–Crippen MR) is 46.0 cm³/mol. The Morgan fingerprint density at radius 2 is 2.18 bits per heavy atom. The first-order valence-electron chi connectivity index (χ1n) is 3.93. The fourth-order valence-electron chi connectivity index (χ4n) is 1.50. The Kier molecular flexibility index (Phi) is 1.34. The number of aryl methyl sites for hydroxylation is 1. The van der Waals surface area contributed by atoms with Crippen molar-refractivity contribution in [2.75, 3.05) is 19.0 Å². The van der Waals surface area contributed by atoms with Gasteiger partial charge in [-0.2, -0.15) is 0 Å². The van der Waals surface area contributed by atoms with Crippen molar-refractivity contribution in [3.8, 4) is 0 Å². The molecule has 0 spiro atoms. The first kappa shape index (κ1) is 6.65. The SMILES string of the molecule is CN(C)c1ccnc2c1CC2. The molecule has 1 heterocycles. The molecule has 0 N–H and O–H groups in total. The second kappa shape index (κ2) is 2.22. The summed E-state index contributed by atoms with van der Waals surface area (Å²) >= 11 is 0. The summed E-state index contributed by atoms with van der Waals surface area (Å²) in [4.78, 5) is 6.43. The van der Waals surface area contributed by atoms with Crippen LogP contribution in [0.2, 0.25) is 0 Å². The van der Waals surface area contributed by atoms with Crippen LogP contribution in [0.1, 0.15) is 11.3 Å². The van der Waals surface area contributed by atoms with Gasteiger partial charge in [0.25, 0.3) is 0 Å². The van der Waals surface area contributed by atoms with Gasteiger partial charge in [-0.3, -0.25) is 4.98 Å². The van der Waals surface area contributed by atoms with Crippen LogP contribution in [-0.4, -0.2) is 19.1 Å². The molecule has 1 aliphatic rings. The summed E-state index contributed by atoms with van der Waals surface area (Å²) in [5, 5.41) is 0. The average Bonchev–Trinajstić information content (AvgIpc) is 1.90. The average molecular weight is 148 g/mol. The van der Waals surface area contributed by atoms with Crippen LogP contribution in [0.4, 0.5) is 5.69 Å². The van der Waals surface area contributed by atoms with Gasteiger partial charge in [0.1, 0.15) is 0 Å². The van der Waals surface area contributed by atoms with E-state index in [1.165, 1.54) is 23.4 Å². The molecule has 0 saturated carbocycles. The lowest BCUT2D eigenvalue weighted by Gasteiger charge is -2.24. The minimum absolute atomic E-state index is 1.16. The third-order valence-electron chi connectivity index (χ3n) is 2.21. The van der Waals surface area contributed by atoms with Gasteiger partial charge < -0.3 is 4.90 Å². The molecule has 0 aliphatic heterocycles. The molecule has 2 rings (SSSR count). The Morgan fingerprint density at radius 3 is 2.64 bits per heavy atom. The number of hydrogen-bond acceptors (Lipinski definition) is 2. The summed E-state index contributed by atoms with van der Waals surface area (Å²) in [7, 11) is 4.15. The Morgan fingerprint density at radius 1 is 1.36 bits per heavy atom. The van der Waals surface area contributed by atoms with E-state index in [9.17, 15) is 0 Å². The Hall–Kier alpha value is -1.05. The highest BCUT2D eigenvalue weighted by molar-refractivity contribution is 5.57. The van der Waals surface area contributed by atoms with Crippen molar-refractivity contribution in [3.63, 3.8) is 0 Å². The number of nitrogens with zero attached hydrogens (tertiary/aromatic N) is 2. The third-order valence-corrected chi connectivity index (χ3v) is 2.21. The molecule has 1 aromatic heterocycles. The van der Waals surface area contributed by atoms with E-state index in [0.29, 0.717) is 0 Å². The van der Waals surface area contributed by atoms with Gasteiger partial charge in [0, 0.05) is 31.7 Å². The smallest absolute Gasteiger partial charge is 0.0459 e. The van der Waals surface area contributed by atoms with Crippen LogP contribution < -0.4 is 4.90 Å². The van der Waals surface area contributed by atoms with Crippen molar-refractivity contribution in [2.45, 2.75) is 12.8 Å². The first-order valence-corrected chi connectivity index (χ1v) is 3.93. The number of aromatic nitrogens is 1. The van der Waals surface area contributed by atoms with Gasteiger partial charge in [-0.05, 0) is 24.5 Å². The van der Waals surface area contributed by atoms with E-state index in [-0.39, 0.29) is 0 Å². The van der Waals surface area contributed by atoms with Gasteiger partial charge in [0.05, 0.1) is 0 Å². The van der Waals surface area contributed by atoms with Gasteiger partial charge in [-0.15, -0.1) is 0 Å². The second-order valence-electron chi connectivity index (χ2n) is 3.15. The number of hydrogen-bond donors (Lipinski definition) is 0. The van der Waals surface area contributed by atoms with Gasteiger partial charge in [0.15, 0.2) is 0 Å². The van der Waals surface area contributed by atoms with Gasteiger partial charge in [-0.1, -0.05) is 0 Å². The highest BCUT2D eigenvalue weighted by atomic mass is 15.1. The molecule has 0 aromatic carbocycles. The summed E-state index contributed by atoms with van der Waals surface area (Å²) in [6.45, 7) is 0. The van der Waals surface area contributed by atoms with Crippen LogP contribution >= 0.6 is 0 Å². The van der Waals surface area contributed by atoms with Gasteiger partial charge >= 0.3 is 0 Å². The van der Waals surface area contributed by atoms with E-state index in [1.807, 2.05) is 6.20 Å². The molecule has 0 fully saturated rings. The molecule has 0 atom stereocenters. The van der Waals surface area contributed by atoms with Crippen molar-refractivity contribution in [1.29, 1.82) is 0 Å². The lowest BCUT2D eigenvalue weighted by Crippen LogP contribution is -2.19. The van der Waals surface area contributed by atoms with E-state index in [2.05, 4.69) is 30.0 Å². The number of rotatable bonds is 1. The molecule has 0 saturated heterocycles. The summed E-state index contributed by atoms with van der Waals surface area (Å²) in [5.74, 6) is 0. The number of fused-ring (bicyclic) bond motifs is 1. The van der Waals surface area contributed by atoms with Crippen LogP contribution in [0.25, 0.3) is 0 Å². The second-order valence-corrected chi connectivity index (χ2v) is 3.15. The van der Waals surface area contributed by atoms with Crippen LogP contribution in [0.5, 0.6) is 0 Å². The fourth-order valence-corrected chi connectivity index (χ4v) is 1.50. The van der Waals surface area contributed by atoms with Crippen LogP contribution in [0, 0.1) is 0 Å². The molecule has 2 nitrogen and oxygen atoms in total. The van der Waals surface area contributed by atoms with Gasteiger partial charge in [-0.25, -0.2) is 0 Å². The van der Waals surface area contributed by atoms with E-state index >= 15 is 0 Å². The Labute approximate surface area is 66.9 Å². The topological polar surface area (TPSA) is 16.1 Å². The molecule has 0 radical (unpaired) electrons. The number of pyridine rings is 1. The van der Waals surface area contributed by atoms with Crippen LogP contribution in [0.3, 0.4) is 0 Å². The zero-order valence-corrected chi connectivity index (χ0v) is 6.96. The zero-order chi connectivity index (χ0) is 7.84. The maximum atomic E-state index is 4.28. The minimum Gasteiger partial charge on any atom is -0.377 e. The van der Waals surface area contributed by atoms with E-state index in [4.69, 9.17) is 0 Å². The highest BCUT2D eigenvalue weighted by Gasteiger charge is 2.18. The van der Waals surface area contributed by atoms with E-state index in [1.54, 1.807) is 0 Å². The van der Waals surface area contributed by atoms with Crippen LogP contribution in [-0.2, 0) is 12.8 Å².